The number of hydrogen-bond acceptors (Lipinski definition) is 2. The highest BCUT2D eigenvalue weighted by Crippen LogP contribution is 2.29. The third kappa shape index (κ3) is 3.71. The molecule has 1 N–H and O–H groups in total. The van der Waals surface area contributed by atoms with E-state index >= 15 is 0 Å². The van der Waals surface area contributed by atoms with Crippen LogP contribution in [0.2, 0.25) is 5.02 Å². The summed E-state index contributed by atoms with van der Waals surface area (Å²) in [6.07, 6.45) is 5.05. The molecule has 0 spiro atoms. The maximum absolute atomic E-state index is 6.29. The minimum atomic E-state index is 0.298. The number of hydrogen-bond donors (Lipinski definition) is 1. The van der Waals surface area contributed by atoms with E-state index in [2.05, 4.69) is 18.3 Å². The maximum Gasteiger partial charge on any atom is 0.0593 e. The Labute approximate surface area is 115 Å². The molecule has 0 radical (unpaired) electrons. The van der Waals surface area contributed by atoms with E-state index in [9.17, 15) is 0 Å². The van der Waals surface area contributed by atoms with E-state index in [1.807, 2.05) is 18.2 Å². The molecule has 0 saturated carbocycles. The molecule has 2 nitrogen and oxygen atoms in total. The van der Waals surface area contributed by atoms with Crippen LogP contribution in [0.3, 0.4) is 0 Å². The second-order valence-corrected chi connectivity index (χ2v) is 5.26. The van der Waals surface area contributed by atoms with Crippen LogP contribution in [0, 0.1) is 0 Å². The summed E-state index contributed by atoms with van der Waals surface area (Å²) in [5.74, 6) is 0. The molecular formula is C15H22ClNO. The number of benzene rings is 1. The molecular weight excluding hydrogens is 246 g/mol. The summed E-state index contributed by atoms with van der Waals surface area (Å²) in [6, 6.07) is 8.40. The van der Waals surface area contributed by atoms with Crippen molar-refractivity contribution < 1.29 is 4.74 Å². The molecule has 0 aliphatic carbocycles. The number of nitrogens with one attached hydrogen (secondary N) is 1. The quantitative estimate of drug-likeness (QED) is 0.872. The molecule has 18 heavy (non-hydrogen) atoms. The number of halogens is 1. The summed E-state index contributed by atoms with van der Waals surface area (Å²) >= 11 is 6.29. The Morgan fingerprint density at radius 3 is 2.89 bits per heavy atom. The Morgan fingerprint density at radius 2 is 2.22 bits per heavy atom. The monoisotopic (exact) mass is 267 g/mol. The molecule has 1 aliphatic rings. The van der Waals surface area contributed by atoms with Crippen LogP contribution in [-0.4, -0.2) is 19.3 Å². The van der Waals surface area contributed by atoms with Crippen molar-refractivity contribution >= 4 is 11.6 Å². The first-order valence-electron chi connectivity index (χ1n) is 6.90. The lowest BCUT2D eigenvalue weighted by Gasteiger charge is -2.28. The van der Waals surface area contributed by atoms with Crippen molar-refractivity contribution in [2.24, 2.45) is 0 Å². The van der Waals surface area contributed by atoms with Crippen LogP contribution in [0.4, 0.5) is 0 Å². The third-order valence-electron chi connectivity index (χ3n) is 3.50. The van der Waals surface area contributed by atoms with Crippen LogP contribution in [0.1, 0.15) is 44.2 Å². The molecule has 1 aromatic rings. The second kappa shape index (κ2) is 7.13. The Balaban J connectivity index is 2.05. The molecule has 2 atom stereocenters. The molecule has 1 saturated heterocycles. The van der Waals surface area contributed by atoms with Crippen molar-refractivity contribution in [2.45, 2.75) is 44.8 Å². The largest absolute Gasteiger partial charge is 0.378 e. The van der Waals surface area contributed by atoms with Crippen LogP contribution < -0.4 is 5.32 Å². The van der Waals surface area contributed by atoms with Crippen molar-refractivity contribution in [3.63, 3.8) is 0 Å². The van der Waals surface area contributed by atoms with Gasteiger partial charge in [0.2, 0.25) is 0 Å². The van der Waals surface area contributed by atoms with E-state index in [1.54, 1.807) is 0 Å². The van der Waals surface area contributed by atoms with Gasteiger partial charge in [-0.25, -0.2) is 0 Å². The molecule has 0 amide bonds. The molecule has 2 unspecified atom stereocenters. The molecule has 0 bridgehead atoms. The summed E-state index contributed by atoms with van der Waals surface area (Å²) < 4.78 is 5.83. The zero-order valence-electron chi connectivity index (χ0n) is 11.0. The van der Waals surface area contributed by atoms with Crippen molar-refractivity contribution in [1.29, 1.82) is 0 Å². The fourth-order valence-corrected chi connectivity index (χ4v) is 2.85. The van der Waals surface area contributed by atoms with Crippen LogP contribution in [0.25, 0.3) is 0 Å². The summed E-state index contributed by atoms with van der Waals surface area (Å²) in [5.41, 5.74) is 1.19. The Morgan fingerprint density at radius 1 is 1.39 bits per heavy atom. The highest BCUT2D eigenvalue weighted by molar-refractivity contribution is 6.31. The average molecular weight is 268 g/mol. The summed E-state index contributed by atoms with van der Waals surface area (Å²) in [5, 5.41) is 4.37. The number of ether oxygens (including phenoxy) is 1. The van der Waals surface area contributed by atoms with Gasteiger partial charge in [0.25, 0.3) is 0 Å². The normalized spacial score (nSPS) is 21.8. The van der Waals surface area contributed by atoms with Gasteiger partial charge in [-0.05, 0) is 43.9 Å². The molecule has 3 heteroatoms. The first-order valence-corrected chi connectivity index (χ1v) is 7.28. The van der Waals surface area contributed by atoms with Gasteiger partial charge in [0.1, 0.15) is 0 Å². The molecule has 1 heterocycles. The SMILES string of the molecule is CCNC(CC1CCCCO1)c1ccccc1Cl. The van der Waals surface area contributed by atoms with Crippen LogP contribution in [0.5, 0.6) is 0 Å². The van der Waals surface area contributed by atoms with E-state index in [4.69, 9.17) is 16.3 Å². The zero-order chi connectivity index (χ0) is 12.8. The van der Waals surface area contributed by atoms with E-state index in [0.29, 0.717) is 12.1 Å². The summed E-state index contributed by atoms with van der Waals surface area (Å²) in [6.45, 7) is 3.99. The van der Waals surface area contributed by atoms with Gasteiger partial charge >= 0.3 is 0 Å². The van der Waals surface area contributed by atoms with Crippen LogP contribution in [0.15, 0.2) is 24.3 Å². The predicted molar refractivity (Wildman–Crippen MR) is 76.1 cm³/mol. The van der Waals surface area contributed by atoms with Gasteiger partial charge in [-0.3, -0.25) is 0 Å². The van der Waals surface area contributed by atoms with Crippen LogP contribution >= 0.6 is 11.6 Å². The van der Waals surface area contributed by atoms with Crippen molar-refractivity contribution in [3.05, 3.63) is 34.9 Å². The zero-order valence-corrected chi connectivity index (χ0v) is 11.7. The number of rotatable bonds is 5. The van der Waals surface area contributed by atoms with Crippen molar-refractivity contribution in [2.75, 3.05) is 13.2 Å². The third-order valence-corrected chi connectivity index (χ3v) is 3.85. The predicted octanol–water partition coefficient (Wildman–Crippen LogP) is 3.95. The summed E-state index contributed by atoms with van der Waals surface area (Å²) in [7, 11) is 0. The molecule has 1 fully saturated rings. The summed E-state index contributed by atoms with van der Waals surface area (Å²) in [4.78, 5) is 0. The van der Waals surface area contributed by atoms with Gasteiger partial charge in [-0.15, -0.1) is 0 Å². The van der Waals surface area contributed by atoms with Crippen LogP contribution in [-0.2, 0) is 4.74 Å². The van der Waals surface area contributed by atoms with E-state index in [-0.39, 0.29) is 0 Å². The van der Waals surface area contributed by atoms with Gasteiger partial charge in [-0.2, -0.15) is 0 Å². The minimum absolute atomic E-state index is 0.298. The lowest BCUT2D eigenvalue weighted by molar-refractivity contribution is 0.00514. The topological polar surface area (TPSA) is 21.3 Å². The average Bonchev–Trinajstić information content (AvgIpc) is 2.40. The maximum atomic E-state index is 6.29. The molecule has 100 valence electrons. The first kappa shape index (κ1) is 13.9. The van der Waals surface area contributed by atoms with E-state index in [1.165, 1.54) is 24.8 Å². The molecule has 0 aromatic heterocycles. The molecule has 1 aliphatic heterocycles. The standard InChI is InChI=1S/C15H22ClNO/c1-2-17-15(11-12-7-5-6-10-18-12)13-8-3-4-9-14(13)16/h3-4,8-9,12,15,17H,2,5-7,10-11H2,1H3. The van der Waals surface area contributed by atoms with Gasteiger partial charge in [-0.1, -0.05) is 36.7 Å². The lowest BCUT2D eigenvalue weighted by atomic mass is 9.96. The Kier molecular flexibility index (Phi) is 5.48. The van der Waals surface area contributed by atoms with Gasteiger partial charge < -0.3 is 10.1 Å². The van der Waals surface area contributed by atoms with Gasteiger partial charge in [0.05, 0.1) is 6.10 Å². The first-order chi connectivity index (χ1) is 8.81. The molecule has 2 rings (SSSR count). The second-order valence-electron chi connectivity index (χ2n) is 4.86. The van der Waals surface area contributed by atoms with Crippen molar-refractivity contribution in [3.8, 4) is 0 Å². The Bertz CT molecular complexity index is 363. The molecule has 1 aromatic carbocycles. The minimum Gasteiger partial charge on any atom is -0.378 e. The lowest BCUT2D eigenvalue weighted by Crippen LogP contribution is -2.29. The highest BCUT2D eigenvalue weighted by Gasteiger charge is 2.21. The van der Waals surface area contributed by atoms with Crippen molar-refractivity contribution in [1.82, 2.24) is 5.32 Å². The smallest absolute Gasteiger partial charge is 0.0593 e. The fraction of sp³-hybridized carbons (Fsp3) is 0.600. The Hall–Kier alpha value is -0.570. The van der Waals surface area contributed by atoms with E-state index < -0.39 is 0 Å². The van der Waals surface area contributed by atoms with Gasteiger partial charge in [0.15, 0.2) is 0 Å². The van der Waals surface area contributed by atoms with Gasteiger partial charge in [0, 0.05) is 17.7 Å². The van der Waals surface area contributed by atoms with E-state index in [0.717, 1.165) is 24.6 Å². The fourth-order valence-electron chi connectivity index (χ4n) is 2.58. The highest BCUT2D eigenvalue weighted by atomic mass is 35.5.